The van der Waals surface area contributed by atoms with E-state index in [1.54, 1.807) is 7.11 Å². The van der Waals surface area contributed by atoms with Crippen LogP contribution in [0.1, 0.15) is 0 Å². The Balaban J connectivity index is 1.58. The third kappa shape index (κ3) is 5.58. The molecule has 2 aromatic carbocycles. The second-order valence-electron chi connectivity index (χ2n) is 5.71. The highest BCUT2D eigenvalue weighted by atomic mass is 32.2. The molecular formula is C18H17N5O5S2. The van der Waals surface area contributed by atoms with Crippen molar-refractivity contribution >= 4 is 51.2 Å². The number of benzene rings is 2. The van der Waals surface area contributed by atoms with Gasteiger partial charge in [-0.2, -0.15) is 0 Å². The van der Waals surface area contributed by atoms with Crippen molar-refractivity contribution in [1.82, 2.24) is 10.2 Å². The van der Waals surface area contributed by atoms with Gasteiger partial charge in [-0.3, -0.25) is 14.9 Å². The van der Waals surface area contributed by atoms with E-state index in [0.717, 1.165) is 5.69 Å². The van der Waals surface area contributed by atoms with Gasteiger partial charge < -0.3 is 20.1 Å². The lowest BCUT2D eigenvalue weighted by molar-refractivity contribution is -0.384. The van der Waals surface area contributed by atoms with Gasteiger partial charge in [0.15, 0.2) is 4.34 Å². The molecule has 0 unspecified atom stereocenters. The fourth-order valence-corrected chi connectivity index (χ4v) is 3.94. The van der Waals surface area contributed by atoms with Gasteiger partial charge in [-0.25, -0.2) is 0 Å². The molecule has 1 heterocycles. The molecule has 0 saturated heterocycles. The van der Waals surface area contributed by atoms with Crippen LogP contribution in [0.3, 0.4) is 0 Å². The minimum atomic E-state index is -0.540. The van der Waals surface area contributed by atoms with Crippen molar-refractivity contribution in [2.45, 2.75) is 4.34 Å². The zero-order valence-electron chi connectivity index (χ0n) is 15.9. The Hall–Kier alpha value is -3.38. The monoisotopic (exact) mass is 447 g/mol. The highest BCUT2D eigenvalue weighted by Crippen LogP contribution is 2.31. The Bertz CT molecular complexity index is 1060. The number of ether oxygens (including phenoxy) is 2. The standard InChI is InChI=1S/C18H17N5O5S2/c1-27-13-5-3-4-11(8-13)19-17-21-22-18(30-17)29-10-16(24)20-14-9-12(23(25)26)6-7-15(14)28-2/h3-9H,10H2,1-2H3,(H,19,21)(H,20,24). The van der Waals surface area contributed by atoms with E-state index in [1.807, 2.05) is 24.3 Å². The zero-order chi connectivity index (χ0) is 21.5. The fraction of sp³-hybridized carbons (Fsp3) is 0.167. The van der Waals surface area contributed by atoms with E-state index in [4.69, 9.17) is 9.47 Å². The zero-order valence-corrected chi connectivity index (χ0v) is 17.6. The normalized spacial score (nSPS) is 10.3. The number of non-ortho nitro benzene ring substituents is 1. The van der Waals surface area contributed by atoms with Crippen molar-refractivity contribution < 1.29 is 19.2 Å². The van der Waals surface area contributed by atoms with Crippen molar-refractivity contribution in [1.29, 1.82) is 0 Å². The second-order valence-corrected chi connectivity index (χ2v) is 7.91. The largest absolute Gasteiger partial charge is 0.497 e. The van der Waals surface area contributed by atoms with Gasteiger partial charge in [-0.15, -0.1) is 10.2 Å². The Labute approximate surface area is 179 Å². The van der Waals surface area contributed by atoms with Crippen LogP contribution in [-0.4, -0.2) is 41.0 Å². The number of nitrogens with one attached hydrogen (secondary N) is 2. The lowest BCUT2D eigenvalue weighted by Gasteiger charge is -2.09. The molecule has 10 nitrogen and oxygen atoms in total. The first-order valence-corrected chi connectivity index (χ1v) is 10.3. The van der Waals surface area contributed by atoms with Crippen LogP contribution in [0.4, 0.5) is 22.2 Å². The number of hydrogen-bond donors (Lipinski definition) is 2. The SMILES string of the molecule is COc1cccc(Nc2nnc(SCC(=O)Nc3cc([N+](=O)[O-])ccc3OC)s2)c1. The summed E-state index contributed by atoms with van der Waals surface area (Å²) < 4.78 is 10.9. The molecule has 1 amide bonds. The van der Waals surface area contributed by atoms with E-state index in [-0.39, 0.29) is 23.0 Å². The van der Waals surface area contributed by atoms with Crippen molar-refractivity contribution in [2.75, 3.05) is 30.6 Å². The smallest absolute Gasteiger partial charge is 0.271 e. The highest BCUT2D eigenvalue weighted by Gasteiger charge is 2.15. The fourth-order valence-electron chi connectivity index (χ4n) is 2.36. The molecule has 3 aromatic rings. The molecule has 2 N–H and O–H groups in total. The summed E-state index contributed by atoms with van der Waals surface area (Å²) in [5, 5.41) is 25.4. The summed E-state index contributed by atoms with van der Waals surface area (Å²) in [4.78, 5) is 22.7. The molecule has 0 saturated carbocycles. The maximum Gasteiger partial charge on any atom is 0.271 e. The van der Waals surface area contributed by atoms with Gasteiger partial charge in [0, 0.05) is 23.9 Å². The first-order valence-electron chi connectivity index (χ1n) is 8.48. The molecule has 3 rings (SSSR count). The second kappa shape index (κ2) is 9.89. The molecule has 0 fully saturated rings. The summed E-state index contributed by atoms with van der Waals surface area (Å²) in [6, 6.07) is 11.4. The number of carbonyl (C=O) groups is 1. The Morgan fingerprint density at radius 3 is 2.77 bits per heavy atom. The van der Waals surface area contributed by atoms with Gasteiger partial charge in [0.05, 0.1) is 30.6 Å². The van der Waals surface area contributed by atoms with E-state index >= 15 is 0 Å². The number of nitrogens with zero attached hydrogens (tertiary/aromatic N) is 3. The third-order valence-electron chi connectivity index (χ3n) is 3.72. The van der Waals surface area contributed by atoms with Crippen molar-refractivity contribution in [2.24, 2.45) is 0 Å². The average Bonchev–Trinajstić information content (AvgIpc) is 3.19. The summed E-state index contributed by atoms with van der Waals surface area (Å²) >= 11 is 2.50. The number of anilines is 3. The maximum atomic E-state index is 12.3. The van der Waals surface area contributed by atoms with Crippen LogP contribution in [0.15, 0.2) is 46.8 Å². The lowest BCUT2D eigenvalue weighted by atomic mass is 10.2. The average molecular weight is 447 g/mol. The van der Waals surface area contributed by atoms with Gasteiger partial charge in [-0.05, 0) is 18.2 Å². The number of methoxy groups -OCH3 is 2. The van der Waals surface area contributed by atoms with E-state index < -0.39 is 4.92 Å². The van der Waals surface area contributed by atoms with Crippen LogP contribution in [-0.2, 0) is 4.79 Å². The summed E-state index contributed by atoms with van der Waals surface area (Å²) in [6.07, 6.45) is 0. The minimum Gasteiger partial charge on any atom is -0.497 e. The summed E-state index contributed by atoms with van der Waals surface area (Å²) in [5.74, 6) is 0.753. The Morgan fingerprint density at radius 2 is 2.03 bits per heavy atom. The van der Waals surface area contributed by atoms with Crippen LogP contribution in [0.2, 0.25) is 0 Å². The molecule has 0 aliphatic carbocycles. The van der Waals surface area contributed by atoms with Crippen molar-refractivity contribution in [3.8, 4) is 11.5 Å². The predicted octanol–water partition coefficient (Wildman–Crippen LogP) is 3.94. The van der Waals surface area contributed by atoms with Gasteiger partial charge >= 0.3 is 0 Å². The highest BCUT2D eigenvalue weighted by molar-refractivity contribution is 8.01. The molecule has 0 bridgehead atoms. The number of thioether (sulfide) groups is 1. The van der Waals surface area contributed by atoms with E-state index in [2.05, 4.69) is 20.8 Å². The lowest BCUT2D eigenvalue weighted by Crippen LogP contribution is -2.14. The molecule has 30 heavy (non-hydrogen) atoms. The molecular weight excluding hydrogens is 430 g/mol. The van der Waals surface area contributed by atoms with Crippen LogP contribution >= 0.6 is 23.1 Å². The summed E-state index contributed by atoms with van der Waals surface area (Å²) in [5.41, 5.74) is 0.892. The molecule has 0 spiro atoms. The molecule has 156 valence electrons. The molecule has 1 aromatic heterocycles. The minimum absolute atomic E-state index is 0.0552. The first-order chi connectivity index (χ1) is 14.5. The number of aromatic nitrogens is 2. The number of hydrogen-bond acceptors (Lipinski definition) is 10. The van der Waals surface area contributed by atoms with Crippen LogP contribution in [0.25, 0.3) is 0 Å². The molecule has 0 atom stereocenters. The van der Waals surface area contributed by atoms with Crippen LogP contribution in [0.5, 0.6) is 11.5 Å². The number of carbonyl (C=O) groups excluding carboxylic acids is 1. The quantitative estimate of drug-likeness (QED) is 0.285. The molecule has 0 radical (unpaired) electrons. The predicted molar refractivity (Wildman–Crippen MR) is 115 cm³/mol. The topological polar surface area (TPSA) is 129 Å². The molecule has 0 aliphatic heterocycles. The Kier molecular flexibility index (Phi) is 7.03. The Morgan fingerprint density at radius 1 is 1.20 bits per heavy atom. The first kappa shape index (κ1) is 21.3. The van der Waals surface area contributed by atoms with Crippen LogP contribution in [0, 0.1) is 10.1 Å². The van der Waals surface area contributed by atoms with E-state index in [0.29, 0.717) is 21.0 Å². The van der Waals surface area contributed by atoms with Gasteiger partial charge in [0.25, 0.3) is 5.69 Å². The van der Waals surface area contributed by atoms with Crippen molar-refractivity contribution in [3.05, 3.63) is 52.6 Å². The van der Waals surface area contributed by atoms with Crippen LogP contribution < -0.4 is 20.1 Å². The third-order valence-corrected chi connectivity index (χ3v) is 5.69. The number of amides is 1. The number of nitro benzene ring substituents is 1. The molecule has 0 aliphatic rings. The number of nitro groups is 1. The number of rotatable bonds is 9. The van der Waals surface area contributed by atoms with Gasteiger partial charge in [-0.1, -0.05) is 29.2 Å². The summed E-state index contributed by atoms with van der Waals surface area (Å²) in [6.45, 7) is 0. The molecule has 12 heteroatoms. The van der Waals surface area contributed by atoms with E-state index in [1.165, 1.54) is 48.4 Å². The van der Waals surface area contributed by atoms with Crippen molar-refractivity contribution in [3.63, 3.8) is 0 Å². The summed E-state index contributed by atoms with van der Waals surface area (Å²) in [7, 11) is 3.01. The maximum absolute atomic E-state index is 12.3. The van der Waals surface area contributed by atoms with Gasteiger partial charge in [0.1, 0.15) is 11.5 Å². The van der Waals surface area contributed by atoms with Gasteiger partial charge in [0.2, 0.25) is 11.0 Å². The van der Waals surface area contributed by atoms with E-state index in [9.17, 15) is 14.9 Å².